The lowest BCUT2D eigenvalue weighted by molar-refractivity contribution is 1.04. The van der Waals surface area contributed by atoms with Crippen LogP contribution in [-0.2, 0) is 0 Å². The van der Waals surface area contributed by atoms with E-state index >= 15 is 0 Å². The van der Waals surface area contributed by atoms with E-state index in [1.807, 2.05) is 67.6 Å². The van der Waals surface area contributed by atoms with Crippen LogP contribution in [0.25, 0.3) is 33.9 Å². The van der Waals surface area contributed by atoms with Crippen LogP contribution in [0.3, 0.4) is 0 Å². The summed E-state index contributed by atoms with van der Waals surface area (Å²) >= 11 is 0. The standard InChI is InChI=1S/C32H28N4/c1-6-12-24(8-3)30-34-31(26-14-10-9-11-15-26)36-32(35-30)27-20-18-25(19-21-27)28(13-7-2)29-22(4)16-17-23(5)33-29/h6-21H,1-3H2,4-5H3/b24-12+,28-13-. The number of aryl methyl sites for hydroxylation is 2. The van der Waals surface area contributed by atoms with E-state index in [1.165, 1.54) is 0 Å². The van der Waals surface area contributed by atoms with Gasteiger partial charge < -0.3 is 0 Å². The summed E-state index contributed by atoms with van der Waals surface area (Å²) < 4.78 is 0. The second-order valence-electron chi connectivity index (χ2n) is 8.25. The molecule has 0 aliphatic rings. The Labute approximate surface area is 212 Å². The van der Waals surface area contributed by atoms with Crippen molar-refractivity contribution in [3.05, 3.63) is 145 Å². The van der Waals surface area contributed by atoms with Gasteiger partial charge in [0.1, 0.15) is 0 Å². The Morgan fingerprint density at radius 3 is 1.92 bits per heavy atom. The van der Waals surface area contributed by atoms with Crippen molar-refractivity contribution < 1.29 is 0 Å². The summed E-state index contributed by atoms with van der Waals surface area (Å²) in [6, 6.07) is 22.2. The van der Waals surface area contributed by atoms with Crippen LogP contribution in [0.1, 0.15) is 28.3 Å². The second-order valence-corrected chi connectivity index (χ2v) is 8.25. The molecule has 0 spiro atoms. The molecular weight excluding hydrogens is 440 g/mol. The monoisotopic (exact) mass is 468 g/mol. The van der Waals surface area contributed by atoms with Crippen LogP contribution in [0.4, 0.5) is 0 Å². The van der Waals surface area contributed by atoms with Crippen LogP contribution >= 0.6 is 0 Å². The van der Waals surface area contributed by atoms with E-state index in [-0.39, 0.29) is 0 Å². The molecule has 0 radical (unpaired) electrons. The number of benzene rings is 2. The van der Waals surface area contributed by atoms with Gasteiger partial charge in [0.2, 0.25) is 0 Å². The fourth-order valence-electron chi connectivity index (χ4n) is 3.84. The predicted octanol–water partition coefficient (Wildman–Crippen LogP) is 7.59. The Hall–Kier alpha value is -4.70. The van der Waals surface area contributed by atoms with Gasteiger partial charge in [-0.1, -0.05) is 111 Å². The minimum atomic E-state index is 0.546. The van der Waals surface area contributed by atoms with Crippen molar-refractivity contribution in [2.24, 2.45) is 0 Å². The first-order valence-corrected chi connectivity index (χ1v) is 11.7. The van der Waals surface area contributed by atoms with Crippen molar-refractivity contribution in [2.45, 2.75) is 13.8 Å². The third-order valence-corrected chi connectivity index (χ3v) is 5.67. The molecule has 4 rings (SSSR count). The summed E-state index contributed by atoms with van der Waals surface area (Å²) in [5.41, 5.74) is 7.66. The molecule has 0 saturated carbocycles. The summed E-state index contributed by atoms with van der Waals surface area (Å²) in [5, 5.41) is 0. The largest absolute Gasteiger partial charge is 0.253 e. The normalized spacial score (nSPS) is 11.7. The van der Waals surface area contributed by atoms with E-state index in [1.54, 1.807) is 18.2 Å². The van der Waals surface area contributed by atoms with Crippen LogP contribution in [0.2, 0.25) is 0 Å². The zero-order valence-corrected chi connectivity index (χ0v) is 20.6. The minimum absolute atomic E-state index is 0.546. The molecule has 0 fully saturated rings. The number of allylic oxidation sites excluding steroid dienone is 6. The quantitative estimate of drug-likeness (QED) is 0.250. The SMILES string of the molecule is C=C/C=C(/c1ccc(-c2nc(/C(C=C)=C/C=C)nc(-c3ccccc3)n2)cc1)c1nc(C)ccc1C. The molecule has 0 aliphatic heterocycles. The highest BCUT2D eigenvalue weighted by atomic mass is 15.0. The molecule has 0 N–H and O–H groups in total. The molecule has 2 aromatic heterocycles. The first kappa shape index (κ1) is 24.4. The van der Waals surface area contributed by atoms with Gasteiger partial charge in [0.15, 0.2) is 17.5 Å². The maximum Gasteiger partial charge on any atom is 0.164 e. The summed E-state index contributed by atoms with van der Waals surface area (Å²) in [6.07, 6.45) is 9.05. The molecule has 0 atom stereocenters. The van der Waals surface area contributed by atoms with Crippen LogP contribution in [-0.4, -0.2) is 19.9 Å². The van der Waals surface area contributed by atoms with E-state index in [9.17, 15) is 0 Å². The summed E-state index contributed by atoms with van der Waals surface area (Å²) in [5.74, 6) is 1.73. The number of nitrogens with zero attached hydrogens (tertiary/aromatic N) is 4. The zero-order chi connectivity index (χ0) is 25.5. The van der Waals surface area contributed by atoms with Crippen LogP contribution in [0.5, 0.6) is 0 Å². The molecule has 2 aromatic carbocycles. The Morgan fingerprint density at radius 1 is 0.667 bits per heavy atom. The molecule has 0 bridgehead atoms. The van der Waals surface area contributed by atoms with Gasteiger partial charge >= 0.3 is 0 Å². The average molecular weight is 469 g/mol. The van der Waals surface area contributed by atoms with Crippen LogP contribution < -0.4 is 0 Å². The molecule has 4 heteroatoms. The highest BCUT2D eigenvalue weighted by Gasteiger charge is 2.14. The van der Waals surface area contributed by atoms with E-state index in [2.05, 4.69) is 44.9 Å². The van der Waals surface area contributed by atoms with Gasteiger partial charge in [0, 0.05) is 28.0 Å². The Bertz CT molecular complexity index is 1480. The topological polar surface area (TPSA) is 51.6 Å². The highest BCUT2D eigenvalue weighted by molar-refractivity contribution is 5.81. The van der Waals surface area contributed by atoms with E-state index < -0.39 is 0 Å². The van der Waals surface area contributed by atoms with Gasteiger partial charge in [-0.05, 0) is 31.0 Å². The number of aromatic nitrogens is 4. The van der Waals surface area contributed by atoms with Crippen molar-refractivity contribution in [1.82, 2.24) is 19.9 Å². The summed E-state index contributed by atoms with van der Waals surface area (Å²) in [4.78, 5) is 19.0. The Morgan fingerprint density at radius 2 is 1.31 bits per heavy atom. The average Bonchev–Trinajstić information content (AvgIpc) is 2.92. The lowest BCUT2D eigenvalue weighted by Crippen LogP contribution is -2.02. The molecule has 0 amide bonds. The van der Waals surface area contributed by atoms with Gasteiger partial charge in [0.05, 0.1) is 5.69 Å². The molecule has 2 heterocycles. The first-order chi connectivity index (χ1) is 17.5. The zero-order valence-electron chi connectivity index (χ0n) is 20.6. The number of hydrogen-bond donors (Lipinski definition) is 0. The molecule has 4 aromatic rings. The van der Waals surface area contributed by atoms with Gasteiger partial charge in [-0.3, -0.25) is 4.98 Å². The van der Waals surface area contributed by atoms with Crippen molar-refractivity contribution in [1.29, 1.82) is 0 Å². The maximum absolute atomic E-state index is 4.79. The minimum Gasteiger partial charge on any atom is -0.253 e. The first-order valence-electron chi connectivity index (χ1n) is 11.7. The highest BCUT2D eigenvalue weighted by Crippen LogP contribution is 2.28. The third kappa shape index (κ3) is 5.34. The number of hydrogen-bond acceptors (Lipinski definition) is 4. The lowest BCUT2D eigenvalue weighted by Gasteiger charge is -2.12. The Balaban J connectivity index is 1.81. The van der Waals surface area contributed by atoms with Gasteiger partial charge in [-0.2, -0.15) is 0 Å². The van der Waals surface area contributed by atoms with Gasteiger partial charge in [0.25, 0.3) is 0 Å². The second kappa shape index (κ2) is 11.2. The molecule has 36 heavy (non-hydrogen) atoms. The van der Waals surface area contributed by atoms with E-state index in [0.29, 0.717) is 17.5 Å². The van der Waals surface area contributed by atoms with Crippen LogP contribution in [0, 0.1) is 13.8 Å². The molecular formula is C32H28N4. The molecule has 0 unspecified atom stereocenters. The van der Waals surface area contributed by atoms with E-state index in [0.717, 1.165) is 44.8 Å². The molecule has 0 aliphatic carbocycles. The van der Waals surface area contributed by atoms with Gasteiger partial charge in [-0.15, -0.1) is 0 Å². The smallest absolute Gasteiger partial charge is 0.164 e. The predicted molar refractivity (Wildman–Crippen MR) is 150 cm³/mol. The van der Waals surface area contributed by atoms with Crippen molar-refractivity contribution >= 4 is 11.1 Å². The van der Waals surface area contributed by atoms with E-state index in [4.69, 9.17) is 19.9 Å². The van der Waals surface area contributed by atoms with Crippen molar-refractivity contribution in [3.8, 4) is 22.8 Å². The Kier molecular flexibility index (Phi) is 7.57. The van der Waals surface area contributed by atoms with Crippen molar-refractivity contribution in [2.75, 3.05) is 0 Å². The molecule has 4 nitrogen and oxygen atoms in total. The number of rotatable bonds is 8. The molecule has 0 saturated heterocycles. The van der Waals surface area contributed by atoms with Crippen LogP contribution in [0.15, 0.2) is 117 Å². The van der Waals surface area contributed by atoms with Gasteiger partial charge in [-0.25, -0.2) is 15.0 Å². The molecule has 176 valence electrons. The summed E-state index contributed by atoms with van der Waals surface area (Å²) in [7, 11) is 0. The van der Waals surface area contributed by atoms with Crippen molar-refractivity contribution in [3.63, 3.8) is 0 Å². The lowest BCUT2D eigenvalue weighted by atomic mass is 9.97. The number of pyridine rings is 1. The summed E-state index contributed by atoms with van der Waals surface area (Å²) in [6.45, 7) is 15.7. The maximum atomic E-state index is 4.79. The third-order valence-electron chi connectivity index (χ3n) is 5.67. The fourth-order valence-corrected chi connectivity index (χ4v) is 3.84. The fraction of sp³-hybridized carbons (Fsp3) is 0.0625.